The molecule has 2 aromatic heterocycles. The van der Waals surface area contributed by atoms with E-state index in [2.05, 4.69) is 31.0 Å². The molecule has 0 fully saturated rings. The van der Waals surface area contributed by atoms with Gasteiger partial charge in [0, 0.05) is 18.9 Å². The monoisotopic (exact) mass is 259 g/mol. The fourth-order valence-electron chi connectivity index (χ4n) is 1.84. The molecule has 0 unspecified atom stereocenters. The van der Waals surface area contributed by atoms with E-state index in [1.54, 1.807) is 6.20 Å². The lowest BCUT2D eigenvalue weighted by atomic mass is 10.3. The number of anilines is 3. The van der Waals surface area contributed by atoms with E-state index >= 15 is 0 Å². The first-order valence-electron chi connectivity index (χ1n) is 5.93. The second-order valence-electron chi connectivity index (χ2n) is 4.04. The summed E-state index contributed by atoms with van der Waals surface area (Å²) in [6.07, 6.45) is 5.08. The molecule has 98 valence electrons. The highest BCUT2D eigenvalue weighted by Crippen LogP contribution is 2.28. The van der Waals surface area contributed by atoms with E-state index in [0.29, 0.717) is 30.4 Å². The van der Waals surface area contributed by atoms with Crippen LogP contribution >= 0.6 is 0 Å². The average Bonchev–Trinajstić information content (AvgIpc) is 2.92. The molecule has 2 aromatic rings. The van der Waals surface area contributed by atoms with Crippen molar-refractivity contribution in [1.29, 1.82) is 0 Å². The summed E-state index contributed by atoms with van der Waals surface area (Å²) in [5.41, 5.74) is 0.596. The van der Waals surface area contributed by atoms with E-state index < -0.39 is 0 Å². The standard InChI is InChI=1S/C11H13N7O/c19-8-6-13-11-9(17-8)10(14-7-15-11)12-3-5-18-4-1-2-16-18/h1-2,4,7H,3,5-6H2,(H,17,19)(H2,12,13,14,15). The van der Waals surface area contributed by atoms with Crippen LogP contribution in [0.3, 0.4) is 0 Å². The van der Waals surface area contributed by atoms with E-state index in [1.165, 1.54) is 6.33 Å². The zero-order chi connectivity index (χ0) is 13.1. The van der Waals surface area contributed by atoms with Crippen LogP contribution in [0.5, 0.6) is 0 Å². The number of hydrogen-bond donors (Lipinski definition) is 3. The number of nitrogens with zero attached hydrogens (tertiary/aromatic N) is 4. The second kappa shape index (κ2) is 4.92. The predicted molar refractivity (Wildman–Crippen MR) is 69.9 cm³/mol. The van der Waals surface area contributed by atoms with Gasteiger partial charge in [0.15, 0.2) is 11.6 Å². The van der Waals surface area contributed by atoms with Crippen molar-refractivity contribution in [3.05, 3.63) is 24.8 Å². The molecular formula is C11H13N7O. The van der Waals surface area contributed by atoms with Crippen molar-refractivity contribution in [3.63, 3.8) is 0 Å². The number of carbonyl (C=O) groups is 1. The Balaban J connectivity index is 1.69. The minimum atomic E-state index is -0.0996. The molecule has 0 aliphatic carbocycles. The van der Waals surface area contributed by atoms with Crippen molar-refractivity contribution in [2.45, 2.75) is 6.54 Å². The minimum absolute atomic E-state index is 0.0996. The molecule has 0 saturated heterocycles. The highest BCUT2D eigenvalue weighted by Gasteiger charge is 2.19. The zero-order valence-corrected chi connectivity index (χ0v) is 10.1. The summed E-state index contributed by atoms with van der Waals surface area (Å²) in [5.74, 6) is 1.14. The molecule has 3 N–H and O–H groups in total. The van der Waals surface area contributed by atoms with E-state index in [1.807, 2.05) is 16.9 Å². The maximum atomic E-state index is 11.4. The Bertz CT molecular complexity index is 581. The fourth-order valence-corrected chi connectivity index (χ4v) is 1.84. The molecule has 1 aliphatic heterocycles. The lowest BCUT2D eigenvalue weighted by Gasteiger charge is -2.19. The molecule has 0 spiro atoms. The van der Waals surface area contributed by atoms with Crippen LogP contribution in [0, 0.1) is 0 Å². The van der Waals surface area contributed by atoms with Gasteiger partial charge in [-0.2, -0.15) is 5.10 Å². The maximum absolute atomic E-state index is 11.4. The molecule has 0 aromatic carbocycles. The Morgan fingerprint density at radius 2 is 2.37 bits per heavy atom. The lowest BCUT2D eigenvalue weighted by molar-refractivity contribution is -0.114. The molecular weight excluding hydrogens is 246 g/mol. The van der Waals surface area contributed by atoms with Gasteiger partial charge in [-0.1, -0.05) is 0 Å². The molecule has 8 heteroatoms. The molecule has 3 heterocycles. The molecule has 1 aliphatic rings. The fraction of sp³-hybridized carbons (Fsp3) is 0.273. The average molecular weight is 259 g/mol. The summed E-state index contributed by atoms with van der Waals surface area (Å²) >= 11 is 0. The second-order valence-corrected chi connectivity index (χ2v) is 4.04. The SMILES string of the molecule is O=C1CNc2ncnc(NCCn3cccn3)c2N1. The van der Waals surface area contributed by atoms with Crippen LogP contribution in [-0.4, -0.2) is 38.7 Å². The molecule has 0 radical (unpaired) electrons. The summed E-state index contributed by atoms with van der Waals surface area (Å²) in [7, 11) is 0. The van der Waals surface area contributed by atoms with Crippen molar-refractivity contribution in [3.8, 4) is 0 Å². The number of rotatable bonds is 4. The molecule has 8 nitrogen and oxygen atoms in total. The normalized spacial score (nSPS) is 13.4. The van der Waals surface area contributed by atoms with E-state index in [4.69, 9.17) is 0 Å². The third-order valence-electron chi connectivity index (χ3n) is 2.72. The van der Waals surface area contributed by atoms with Crippen LogP contribution in [-0.2, 0) is 11.3 Å². The lowest BCUT2D eigenvalue weighted by Crippen LogP contribution is -2.29. The third kappa shape index (κ3) is 2.46. The van der Waals surface area contributed by atoms with Gasteiger partial charge in [-0.3, -0.25) is 9.48 Å². The maximum Gasteiger partial charge on any atom is 0.243 e. The summed E-state index contributed by atoms with van der Waals surface area (Å²) in [5, 5.41) is 13.0. The Labute approximate surface area is 109 Å². The third-order valence-corrected chi connectivity index (χ3v) is 2.72. The minimum Gasteiger partial charge on any atom is -0.366 e. The van der Waals surface area contributed by atoms with Gasteiger partial charge in [0.25, 0.3) is 0 Å². The van der Waals surface area contributed by atoms with Gasteiger partial charge in [-0.15, -0.1) is 0 Å². The molecule has 0 saturated carbocycles. The topological polar surface area (TPSA) is 96.8 Å². The van der Waals surface area contributed by atoms with Crippen LogP contribution in [0.4, 0.5) is 17.3 Å². The van der Waals surface area contributed by atoms with Gasteiger partial charge in [0.1, 0.15) is 12.0 Å². The van der Waals surface area contributed by atoms with E-state index in [9.17, 15) is 4.79 Å². The number of hydrogen-bond acceptors (Lipinski definition) is 6. The first-order valence-corrected chi connectivity index (χ1v) is 5.93. The van der Waals surface area contributed by atoms with Gasteiger partial charge >= 0.3 is 0 Å². The van der Waals surface area contributed by atoms with Gasteiger partial charge in [-0.25, -0.2) is 9.97 Å². The Kier molecular flexibility index (Phi) is 2.97. The zero-order valence-electron chi connectivity index (χ0n) is 10.1. The Hall–Kier alpha value is -2.64. The molecule has 0 bridgehead atoms. The highest BCUT2D eigenvalue weighted by molar-refractivity contribution is 6.02. The molecule has 1 amide bonds. The van der Waals surface area contributed by atoms with E-state index in [0.717, 1.165) is 0 Å². The molecule has 0 atom stereocenters. The van der Waals surface area contributed by atoms with Crippen molar-refractivity contribution >= 4 is 23.2 Å². The predicted octanol–water partition coefficient (Wildman–Crippen LogP) is 0.149. The number of nitrogens with one attached hydrogen (secondary N) is 3. The molecule has 3 rings (SSSR count). The van der Waals surface area contributed by atoms with Gasteiger partial charge < -0.3 is 16.0 Å². The highest BCUT2D eigenvalue weighted by atomic mass is 16.2. The van der Waals surface area contributed by atoms with Crippen molar-refractivity contribution in [2.24, 2.45) is 0 Å². The van der Waals surface area contributed by atoms with Crippen LogP contribution < -0.4 is 16.0 Å². The summed E-state index contributed by atoms with van der Waals surface area (Å²) in [6.45, 7) is 1.60. The number of fused-ring (bicyclic) bond motifs is 1. The Morgan fingerprint density at radius 3 is 3.21 bits per heavy atom. The summed E-state index contributed by atoms with van der Waals surface area (Å²) in [4.78, 5) is 19.6. The first kappa shape index (κ1) is 11.5. The molecule has 19 heavy (non-hydrogen) atoms. The van der Waals surface area contributed by atoms with Gasteiger partial charge in [0.2, 0.25) is 5.91 Å². The van der Waals surface area contributed by atoms with Crippen LogP contribution in [0.25, 0.3) is 0 Å². The van der Waals surface area contributed by atoms with E-state index in [-0.39, 0.29) is 12.5 Å². The van der Waals surface area contributed by atoms with Crippen molar-refractivity contribution in [2.75, 3.05) is 29.0 Å². The van der Waals surface area contributed by atoms with Crippen LogP contribution in [0.15, 0.2) is 24.8 Å². The smallest absolute Gasteiger partial charge is 0.243 e. The Morgan fingerprint density at radius 1 is 1.42 bits per heavy atom. The van der Waals surface area contributed by atoms with Gasteiger partial charge in [0.05, 0.1) is 13.1 Å². The quantitative estimate of drug-likeness (QED) is 0.723. The summed E-state index contributed by atoms with van der Waals surface area (Å²) in [6, 6.07) is 1.87. The number of amides is 1. The van der Waals surface area contributed by atoms with Crippen LogP contribution in [0.1, 0.15) is 0 Å². The van der Waals surface area contributed by atoms with Gasteiger partial charge in [-0.05, 0) is 6.07 Å². The number of carbonyl (C=O) groups excluding carboxylic acids is 1. The largest absolute Gasteiger partial charge is 0.366 e. The summed E-state index contributed by atoms with van der Waals surface area (Å²) < 4.78 is 1.82. The van der Waals surface area contributed by atoms with Crippen molar-refractivity contribution < 1.29 is 4.79 Å². The first-order chi connectivity index (χ1) is 9.33. The number of aromatic nitrogens is 4. The van der Waals surface area contributed by atoms with Crippen LogP contribution in [0.2, 0.25) is 0 Å². The van der Waals surface area contributed by atoms with Crippen molar-refractivity contribution in [1.82, 2.24) is 19.7 Å².